The van der Waals surface area contributed by atoms with Crippen molar-refractivity contribution in [2.75, 3.05) is 26.7 Å². The van der Waals surface area contributed by atoms with Gasteiger partial charge in [0.2, 0.25) is 0 Å². The number of hydrogen-bond donors (Lipinski definition) is 2. The minimum absolute atomic E-state index is 0.228. The lowest BCUT2D eigenvalue weighted by molar-refractivity contribution is 0.219. The number of nitrogens with zero attached hydrogens (tertiary/aromatic N) is 1. The van der Waals surface area contributed by atoms with Crippen LogP contribution in [0.15, 0.2) is 0 Å². The van der Waals surface area contributed by atoms with Gasteiger partial charge in [-0.1, -0.05) is 12.2 Å². The first-order chi connectivity index (χ1) is 5.66. The summed E-state index contributed by atoms with van der Waals surface area (Å²) in [6.45, 7) is 1.97. The lowest BCUT2D eigenvalue weighted by Crippen LogP contribution is -2.23. The highest BCUT2D eigenvalue weighted by molar-refractivity contribution is 7.80. The number of likely N-dealkylation sites (N-methyl/N-ethyl adjacent to an activating group) is 1. The molecule has 0 rings (SSSR count). The van der Waals surface area contributed by atoms with Gasteiger partial charge >= 0.3 is 0 Å². The van der Waals surface area contributed by atoms with E-state index in [0.29, 0.717) is 4.99 Å². The maximum absolute atomic E-state index is 8.60. The zero-order chi connectivity index (χ0) is 9.40. The van der Waals surface area contributed by atoms with Gasteiger partial charge in [0, 0.05) is 6.54 Å². The molecule has 0 saturated heterocycles. The fraction of sp³-hybridized carbons (Fsp3) is 0.875. The van der Waals surface area contributed by atoms with Crippen LogP contribution in [0.1, 0.15) is 19.3 Å². The second kappa shape index (κ2) is 7.46. The van der Waals surface area contributed by atoms with Crippen LogP contribution in [0.3, 0.4) is 0 Å². The van der Waals surface area contributed by atoms with Gasteiger partial charge in [-0.2, -0.15) is 0 Å². The summed E-state index contributed by atoms with van der Waals surface area (Å²) in [6.07, 6.45) is 2.97. The van der Waals surface area contributed by atoms with E-state index < -0.39 is 0 Å². The minimum atomic E-state index is 0.228. The molecule has 0 aliphatic carbocycles. The van der Waals surface area contributed by atoms with E-state index in [1.54, 1.807) is 0 Å². The molecule has 0 bridgehead atoms. The largest absolute Gasteiger partial charge is 0.395 e. The Hall–Kier alpha value is -0.190. The molecule has 0 fully saturated rings. The predicted molar refractivity (Wildman–Crippen MR) is 55.2 cm³/mol. The first-order valence-electron chi connectivity index (χ1n) is 4.24. The van der Waals surface area contributed by atoms with Crippen LogP contribution >= 0.6 is 12.2 Å². The number of thiocarbonyl (C=S) groups is 1. The van der Waals surface area contributed by atoms with Gasteiger partial charge in [0.25, 0.3) is 0 Å². The van der Waals surface area contributed by atoms with E-state index in [1.807, 2.05) is 7.05 Å². The van der Waals surface area contributed by atoms with Crippen LogP contribution in [0.4, 0.5) is 0 Å². The topological polar surface area (TPSA) is 49.5 Å². The molecule has 0 unspecified atom stereocenters. The van der Waals surface area contributed by atoms with E-state index in [0.717, 1.165) is 32.4 Å². The molecule has 0 aromatic carbocycles. The van der Waals surface area contributed by atoms with Gasteiger partial charge in [-0.15, -0.1) is 0 Å². The smallest absolute Gasteiger partial charge is 0.0727 e. The van der Waals surface area contributed by atoms with Crippen molar-refractivity contribution in [2.24, 2.45) is 5.73 Å². The zero-order valence-electron chi connectivity index (χ0n) is 7.62. The van der Waals surface area contributed by atoms with E-state index in [2.05, 4.69) is 4.90 Å². The Bertz CT molecular complexity index is 130. The van der Waals surface area contributed by atoms with Crippen molar-refractivity contribution in [2.45, 2.75) is 19.3 Å². The van der Waals surface area contributed by atoms with Crippen LogP contribution in [0.2, 0.25) is 0 Å². The molecule has 4 heteroatoms. The summed E-state index contributed by atoms with van der Waals surface area (Å²) >= 11 is 4.75. The van der Waals surface area contributed by atoms with Gasteiger partial charge in [-0.25, -0.2) is 0 Å². The average molecular weight is 190 g/mol. The standard InChI is InChI=1S/C8H18N2OS/c1-10(6-7-11)5-3-2-4-8(9)12/h11H,2-7H2,1H3,(H2,9,12). The third-order valence-corrected chi connectivity index (χ3v) is 1.90. The molecule has 3 nitrogen and oxygen atoms in total. The molecule has 0 saturated carbocycles. The van der Waals surface area contributed by atoms with Crippen LogP contribution in [0.5, 0.6) is 0 Å². The molecule has 0 spiro atoms. The Kier molecular flexibility index (Phi) is 7.34. The third kappa shape index (κ3) is 7.91. The fourth-order valence-electron chi connectivity index (χ4n) is 0.963. The minimum Gasteiger partial charge on any atom is -0.395 e. The van der Waals surface area contributed by atoms with E-state index in [1.165, 1.54) is 0 Å². The van der Waals surface area contributed by atoms with E-state index in [4.69, 9.17) is 23.1 Å². The first kappa shape index (κ1) is 11.8. The van der Waals surface area contributed by atoms with Crippen molar-refractivity contribution in [3.8, 4) is 0 Å². The molecular weight excluding hydrogens is 172 g/mol. The van der Waals surface area contributed by atoms with Crippen LogP contribution in [-0.4, -0.2) is 41.7 Å². The summed E-state index contributed by atoms with van der Waals surface area (Å²) in [5, 5.41) is 8.60. The van der Waals surface area contributed by atoms with Gasteiger partial charge in [0.1, 0.15) is 0 Å². The molecule has 0 aliphatic rings. The van der Waals surface area contributed by atoms with Gasteiger partial charge in [0.05, 0.1) is 11.6 Å². The SMILES string of the molecule is CN(CCO)CCCCC(N)=S. The highest BCUT2D eigenvalue weighted by Crippen LogP contribution is 1.96. The quantitative estimate of drug-likeness (QED) is 0.450. The van der Waals surface area contributed by atoms with Crippen molar-refractivity contribution in [1.82, 2.24) is 4.90 Å². The number of aliphatic hydroxyl groups excluding tert-OH is 1. The summed E-state index contributed by atoms with van der Waals surface area (Å²) in [5.41, 5.74) is 5.35. The second-order valence-corrected chi connectivity index (χ2v) is 3.47. The average Bonchev–Trinajstić information content (AvgIpc) is 1.98. The molecule has 0 aromatic heterocycles. The van der Waals surface area contributed by atoms with Crippen LogP contribution in [0.25, 0.3) is 0 Å². The van der Waals surface area contributed by atoms with Gasteiger partial charge < -0.3 is 15.7 Å². The Morgan fingerprint density at radius 1 is 1.42 bits per heavy atom. The number of nitrogens with two attached hydrogens (primary N) is 1. The van der Waals surface area contributed by atoms with Crippen molar-refractivity contribution in [1.29, 1.82) is 0 Å². The lowest BCUT2D eigenvalue weighted by atomic mass is 10.2. The molecule has 0 aromatic rings. The van der Waals surface area contributed by atoms with Crippen LogP contribution < -0.4 is 5.73 Å². The Balaban J connectivity index is 3.13. The third-order valence-electron chi connectivity index (χ3n) is 1.69. The summed E-state index contributed by atoms with van der Waals surface area (Å²) < 4.78 is 0. The van der Waals surface area contributed by atoms with Crippen molar-refractivity contribution < 1.29 is 5.11 Å². The molecular formula is C8H18N2OS. The van der Waals surface area contributed by atoms with Crippen molar-refractivity contribution in [3.05, 3.63) is 0 Å². The molecule has 0 radical (unpaired) electrons. The monoisotopic (exact) mass is 190 g/mol. The molecule has 0 amide bonds. The molecule has 72 valence electrons. The van der Waals surface area contributed by atoms with Crippen LogP contribution in [-0.2, 0) is 0 Å². The maximum Gasteiger partial charge on any atom is 0.0727 e. The summed E-state index contributed by atoms with van der Waals surface area (Å²) in [6, 6.07) is 0. The fourth-order valence-corrected chi connectivity index (χ4v) is 1.11. The van der Waals surface area contributed by atoms with E-state index >= 15 is 0 Å². The zero-order valence-corrected chi connectivity index (χ0v) is 8.44. The highest BCUT2D eigenvalue weighted by atomic mass is 32.1. The molecule has 0 atom stereocenters. The second-order valence-electron chi connectivity index (χ2n) is 2.95. The summed E-state index contributed by atoms with van der Waals surface area (Å²) in [4.78, 5) is 2.69. The Morgan fingerprint density at radius 2 is 2.08 bits per heavy atom. The van der Waals surface area contributed by atoms with E-state index in [9.17, 15) is 0 Å². The predicted octanol–water partition coefficient (Wildman–Crippen LogP) is 0.367. The number of unbranched alkanes of at least 4 members (excludes halogenated alkanes) is 1. The van der Waals surface area contributed by atoms with E-state index in [-0.39, 0.29) is 6.61 Å². The number of rotatable bonds is 7. The lowest BCUT2D eigenvalue weighted by Gasteiger charge is -2.14. The maximum atomic E-state index is 8.60. The Morgan fingerprint density at radius 3 is 2.58 bits per heavy atom. The van der Waals surface area contributed by atoms with Crippen molar-refractivity contribution >= 4 is 17.2 Å². The molecule has 0 aliphatic heterocycles. The summed E-state index contributed by atoms with van der Waals surface area (Å²) in [7, 11) is 2.00. The van der Waals surface area contributed by atoms with Crippen molar-refractivity contribution in [3.63, 3.8) is 0 Å². The molecule has 12 heavy (non-hydrogen) atoms. The van der Waals surface area contributed by atoms with Gasteiger partial charge in [-0.3, -0.25) is 0 Å². The number of hydrogen-bond acceptors (Lipinski definition) is 3. The highest BCUT2D eigenvalue weighted by Gasteiger charge is 1.96. The summed E-state index contributed by atoms with van der Waals surface area (Å²) in [5.74, 6) is 0. The molecule has 3 N–H and O–H groups in total. The van der Waals surface area contributed by atoms with Gasteiger partial charge in [0.15, 0.2) is 0 Å². The molecule has 0 heterocycles. The van der Waals surface area contributed by atoms with Gasteiger partial charge in [-0.05, 0) is 32.9 Å². The van der Waals surface area contributed by atoms with Crippen LogP contribution in [0, 0.1) is 0 Å². The number of aliphatic hydroxyl groups is 1. The normalized spacial score (nSPS) is 10.6. The Labute approximate surface area is 79.5 Å². The first-order valence-corrected chi connectivity index (χ1v) is 4.65.